The highest BCUT2D eigenvalue weighted by Crippen LogP contribution is 2.41. The fourth-order valence-corrected chi connectivity index (χ4v) is 5.18. The van der Waals surface area contributed by atoms with E-state index < -0.39 is 10.0 Å². The van der Waals surface area contributed by atoms with Gasteiger partial charge in [-0.3, -0.25) is 0 Å². The molecule has 32 heavy (non-hydrogen) atoms. The zero-order valence-electron chi connectivity index (χ0n) is 17.5. The van der Waals surface area contributed by atoms with Crippen LogP contribution in [0.3, 0.4) is 0 Å². The lowest BCUT2D eigenvalue weighted by Gasteiger charge is -2.20. The summed E-state index contributed by atoms with van der Waals surface area (Å²) in [6.07, 6.45) is 3.32. The quantitative estimate of drug-likeness (QED) is 0.358. The Bertz CT molecular complexity index is 1210. The van der Waals surface area contributed by atoms with Gasteiger partial charge < -0.3 is 4.74 Å². The van der Waals surface area contributed by atoms with E-state index in [2.05, 4.69) is 0 Å². The van der Waals surface area contributed by atoms with E-state index >= 15 is 0 Å². The van der Waals surface area contributed by atoms with Crippen molar-refractivity contribution in [2.45, 2.75) is 24.0 Å². The minimum Gasteiger partial charge on any atom is -0.363 e. The summed E-state index contributed by atoms with van der Waals surface area (Å²) in [5.41, 5.74) is 2.90. The summed E-state index contributed by atoms with van der Waals surface area (Å²) in [7, 11) is -3.69. The van der Waals surface area contributed by atoms with Gasteiger partial charge in [0.15, 0.2) is 0 Å². The molecular formula is C25H23Cl2NO3S. The van der Waals surface area contributed by atoms with Crippen molar-refractivity contribution in [2.24, 2.45) is 0 Å². The maximum atomic E-state index is 13.4. The van der Waals surface area contributed by atoms with E-state index in [1.807, 2.05) is 55.5 Å². The molecule has 0 bridgehead atoms. The molecule has 3 aromatic carbocycles. The largest absolute Gasteiger partial charge is 0.363 e. The first-order valence-corrected chi connectivity index (χ1v) is 12.4. The van der Waals surface area contributed by atoms with Crippen molar-refractivity contribution in [2.75, 3.05) is 13.1 Å². The van der Waals surface area contributed by atoms with Crippen LogP contribution in [0.1, 0.15) is 22.8 Å². The number of rotatable bonds is 8. The highest BCUT2D eigenvalue weighted by molar-refractivity contribution is 7.89. The molecule has 0 spiro atoms. The smallest absolute Gasteiger partial charge is 0.243 e. The molecule has 1 heterocycles. The first-order valence-electron chi connectivity index (χ1n) is 10.2. The van der Waals surface area contributed by atoms with Crippen LogP contribution in [-0.2, 0) is 14.8 Å². The Morgan fingerprint density at radius 1 is 0.969 bits per heavy atom. The average molecular weight is 488 g/mol. The topological polar surface area (TPSA) is 49.9 Å². The number of hydrogen-bond donors (Lipinski definition) is 0. The molecule has 1 saturated heterocycles. The van der Waals surface area contributed by atoms with Gasteiger partial charge >= 0.3 is 0 Å². The van der Waals surface area contributed by atoms with Gasteiger partial charge in [0.1, 0.15) is 12.2 Å². The van der Waals surface area contributed by atoms with Crippen molar-refractivity contribution in [3.8, 4) is 0 Å². The third-order valence-electron chi connectivity index (χ3n) is 5.32. The van der Waals surface area contributed by atoms with Crippen LogP contribution in [-0.4, -0.2) is 31.9 Å². The van der Waals surface area contributed by atoms with E-state index in [0.29, 0.717) is 10.0 Å². The van der Waals surface area contributed by atoms with Gasteiger partial charge in [0.05, 0.1) is 14.9 Å². The second kappa shape index (κ2) is 9.77. The second-order valence-electron chi connectivity index (χ2n) is 7.72. The van der Waals surface area contributed by atoms with Gasteiger partial charge in [0.25, 0.3) is 0 Å². The number of ether oxygens (including phenoxy) is 1. The maximum Gasteiger partial charge on any atom is 0.243 e. The number of epoxide rings is 1. The molecule has 0 aromatic heterocycles. The summed E-state index contributed by atoms with van der Waals surface area (Å²) in [5, 5.41) is 0.926. The lowest BCUT2D eigenvalue weighted by molar-refractivity contribution is 0.334. The molecule has 166 valence electrons. The molecular weight excluding hydrogens is 465 g/mol. The van der Waals surface area contributed by atoms with E-state index in [-0.39, 0.29) is 30.2 Å². The molecule has 3 aromatic rings. The Balaban J connectivity index is 1.54. The maximum absolute atomic E-state index is 13.4. The second-order valence-corrected chi connectivity index (χ2v) is 10.5. The third-order valence-corrected chi connectivity index (χ3v) is 7.90. The number of benzene rings is 3. The predicted octanol–water partition coefficient (Wildman–Crippen LogP) is 6.15. The van der Waals surface area contributed by atoms with Crippen LogP contribution in [0, 0.1) is 6.92 Å². The van der Waals surface area contributed by atoms with Gasteiger partial charge in [0.2, 0.25) is 10.0 Å². The van der Waals surface area contributed by atoms with Crippen molar-refractivity contribution < 1.29 is 13.2 Å². The Labute approximate surface area is 199 Å². The molecule has 2 atom stereocenters. The Hall–Kier alpha value is -2.15. The average Bonchev–Trinajstić information content (AvgIpc) is 3.55. The third kappa shape index (κ3) is 5.42. The van der Waals surface area contributed by atoms with Crippen molar-refractivity contribution in [1.29, 1.82) is 0 Å². The zero-order valence-corrected chi connectivity index (χ0v) is 19.8. The minimum atomic E-state index is -3.69. The molecule has 0 radical (unpaired) electrons. The van der Waals surface area contributed by atoms with Crippen LogP contribution in [0.4, 0.5) is 0 Å². The lowest BCUT2D eigenvalue weighted by Crippen LogP contribution is -2.34. The number of hydrogen-bond acceptors (Lipinski definition) is 3. The molecule has 0 saturated carbocycles. The molecule has 4 nitrogen and oxygen atoms in total. The van der Waals surface area contributed by atoms with Crippen molar-refractivity contribution in [1.82, 2.24) is 4.31 Å². The molecule has 1 aliphatic rings. The van der Waals surface area contributed by atoms with Gasteiger partial charge in [-0.2, -0.15) is 4.31 Å². The van der Waals surface area contributed by atoms with E-state index in [1.54, 1.807) is 36.4 Å². The molecule has 1 aliphatic heterocycles. The van der Waals surface area contributed by atoms with Crippen molar-refractivity contribution >= 4 is 39.3 Å². The summed E-state index contributed by atoms with van der Waals surface area (Å²) in [6, 6.07) is 22.0. The molecule has 0 N–H and O–H groups in total. The summed E-state index contributed by atoms with van der Waals surface area (Å²) in [6.45, 7) is 2.40. The minimum absolute atomic E-state index is 0.210. The van der Waals surface area contributed by atoms with Crippen LogP contribution >= 0.6 is 23.2 Å². The first-order chi connectivity index (χ1) is 15.3. The fraction of sp³-hybridized carbons (Fsp3) is 0.200. The van der Waals surface area contributed by atoms with Crippen molar-refractivity contribution in [3.63, 3.8) is 0 Å². The monoisotopic (exact) mass is 487 g/mol. The number of aryl methyl sites for hydroxylation is 1. The number of nitrogens with zero attached hydrogens (tertiary/aromatic N) is 1. The Kier molecular flexibility index (Phi) is 7.03. The summed E-state index contributed by atoms with van der Waals surface area (Å²) in [4.78, 5) is 0.267. The molecule has 4 rings (SSSR count). The number of sulfonamides is 1. The van der Waals surface area contributed by atoms with Gasteiger partial charge in [-0.15, -0.1) is 0 Å². The lowest BCUT2D eigenvalue weighted by atomic mass is 10.1. The standard InChI is InChI=1S/C25H23Cl2NO3S/c1-18-9-12-21(13-10-18)32(29,30)28(15-5-8-19-6-3-2-4-7-19)17-24-25(31-24)20-11-14-22(26)23(27)16-20/h2-14,16,24-25H,15,17H2,1H3/b8-5+. The van der Waals surface area contributed by atoms with Crippen molar-refractivity contribution in [3.05, 3.63) is 106 Å². The highest BCUT2D eigenvalue weighted by atomic mass is 35.5. The predicted molar refractivity (Wildman–Crippen MR) is 129 cm³/mol. The van der Waals surface area contributed by atoms with Crippen LogP contribution < -0.4 is 0 Å². The highest BCUT2D eigenvalue weighted by Gasteiger charge is 2.43. The Morgan fingerprint density at radius 2 is 1.69 bits per heavy atom. The summed E-state index contributed by atoms with van der Waals surface area (Å²) in [5.74, 6) is 0. The number of halogens is 2. The molecule has 7 heteroatoms. The Morgan fingerprint density at radius 3 is 2.38 bits per heavy atom. The molecule has 2 unspecified atom stereocenters. The van der Waals surface area contributed by atoms with Gasteiger partial charge in [0, 0.05) is 13.1 Å². The van der Waals surface area contributed by atoms with E-state index in [1.165, 1.54) is 4.31 Å². The summed E-state index contributed by atoms with van der Waals surface area (Å²) < 4.78 is 34.0. The van der Waals surface area contributed by atoms with E-state index in [4.69, 9.17) is 27.9 Å². The first kappa shape index (κ1) is 23.0. The van der Waals surface area contributed by atoms with E-state index in [9.17, 15) is 8.42 Å². The van der Waals surface area contributed by atoms with Crippen LogP contribution in [0.2, 0.25) is 10.0 Å². The van der Waals surface area contributed by atoms with Crippen LogP contribution in [0.5, 0.6) is 0 Å². The molecule has 0 amide bonds. The van der Waals surface area contributed by atoms with Gasteiger partial charge in [-0.25, -0.2) is 8.42 Å². The van der Waals surface area contributed by atoms with Crippen LogP contribution in [0.25, 0.3) is 6.08 Å². The van der Waals surface area contributed by atoms with Gasteiger partial charge in [-0.05, 0) is 42.3 Å². The summed E-state index contributed by atoms with van der Waals surface area (Å²) >= 11 is 12.1. The SMILES string of the molecule is Cc1ccc(S(=O)(=O)N(C/C=C/c2ccccc2)CC2OC2c2ccc(Cl)c(Cl)c2)cc1. The normalized spacial score (nSPS) is 18.4. The molecule has 1 fully saturated rings. The fourth-order valence-electron chi connectivity index (χ4n) is 3.47. The van der Waals surface area contributed by atoms with E-state index in [0.717, 1.165) is 16.7 Å². The van der Waals surface area contributed by atoms with Gasteiger partial charge in [-0.1, -0.05) is 89.4 Å². The zero-order chi connectivity index (χ0) is 22.7. The molecule has 0 aliphatic carbocycles. The van der Waals surface area contributed by atoms with Crippen LogP contribution in [0.15, 0.2) is 83.8 Å².